The van der Waals surface area contributed by atoms with Gasteiger partial charge in [0.25, 0.3) is 0 Å². The quantitative estimate of drug-likeness (QED) is 0.157. The van der Waals surface area contributed by atoms with Crippen LogP contribution < -0.4 is 10.2 Å². The molecule has 33 heavy (non-hydrogen) atoms. The van der Waals surface area contributed by atoms with Crippen molar-refractivity contribution in [2.75, 3.05) is 0 Å². The van der Waals surface area contributed by atoms with Crippen LogP contribution in [-0.4, -0.2) is 18.1 Å². The van der Waals surface area contributed by atoms with Gasteiger partial charge in [-0.15, -0.1) is 0 Å². The Bertz CT molecular complexity index is 1360. The van der Waals surface area contributed by atoms with Crippen molar-refractivity contribution in [3.8, 4) is 5.75 Å². The summed E-state index contributed by atoms with van der Waals surface area (Å²) in [6.07, 6.45) is 1.66. The topological polar surface area (TPSA) is 67.8 Å². The highest BCUT2D eigenvalue weighted by Crippen LogP contribution is 2.23. The minimum absolute atomic E-state index is 0.201. The molecule has 1 N–H and O–H groups in total. The highest BCUT2D eigenvalue weighted by molar-refractivity contribution is 9.10. The number of hydrogen-bond acceptors (Lipinski definition) is 4. The van der Waals surface area contributed by atoms with Gasteiger partial charge in [-0.05, 0) is 53.6 Å². The van der Waals surface area contributed by atoms with Crippen LogP contribution in [0.1, 0.15) is 27.0 Å². The molecule has 164 valence electrons. The smallest absolute Gasteiger partial charge is 0.343 e. The summed E-state index contributed by atoms with van der Waals surface area (Å²) >= 11 is 3.42. The first kappa shape index (κ1) is 22.4. The van der Waals surface area contributed by atoms with Crippen molar-refractivity contribution in [2.45, 2.75) is 13.3 Å². The average Bonchev–Trinajstić information content (AvgIpc) is 2.81. The Morgan fingerprint density at radius 3 is 2.61 bits per heavy atom. The summed E-state index contributed by atoms with van der Waals surface area (Å²) in [4.78, 5) is 25.0. The zero-order chi connectivity index (χ0) is 23.2. The summed E-state index contributed by atoms with van der Waals surface area (Å²) in [7, 11) is 0. The lowest BCUT2D eigenvalue weighted by atomic mass is 10.0. The number of aryl methyl sites for hydroxylation is 1. The maximum Gasteiger partial charge on any atom is 0.343 e. The monoisotopic (exact) mass is 500 g/mol. The lowest BCUT2D eigenvalue weighted by molar-refractivity contribution is -0.120. The zero-order valence-corrected chi connectivity index (χ0v) is 19.5. The summed E-state index contributed by atoms with van der Waals surface area (Å²) in [6.45, 7) is 1.91. The second-order valence-corrected chi connectivity index (χ2v) is 8.47. The second kappa shape index (κ2) is 10.2. The van der Waals surface area contributed by atoms with Gasteiger partial charge in [0.2, 0.25) is 5.91 Å². The van der Waals surface area contributed by atoms with Crippen LogP contribution in [0.2, 0.25) is 0 Å². The minimum Gasteiger partial charge on any atom is -0.422 e. The number of benzene rings is 4. The summed E-state index contributed by atoms with van der Waals surface area (Å²) in [5.41, 5.74) is 5.47. The van der Waals surface area contributed by atoms with Gasteiger partial charge in [-0.2, -0.15) is 5.10 Å². The summed E-state index contributed by atoms with van der Waals surface area (Å²) in [5.74, 6) is -0.358. The number of halogens is 1. The van der Waals surface area contributed by atoms with Gasteiger partial charge >= 0.3 is 5.97 Å². The van der Waals surface area contributed by atoms with E-state index in [1.807, 2.05) is 55.5 Å². The van der Waals surface area contributed by atoms with Gasteiger partial charge in [0.1, 0.15) is 5.75 Å². The van der Waals surface area contributed by atoms with E-state index in [0.29, 0.717) is 16.9 Å². The van der Waals surface area contributed by atoms with Gasteiger partial charge in [-0.1, -0.05) is 76.1 Å². The van der Waals surface area contributed by atoms with Crippen LogP contribution in [0.3, 0.4) is 0 Å². The Balaban J connectivity index is 1.46. The number of hydrogen-bond donors (Lipinski definition) is 1. The molecule has 4 rings (SSSR count). The first-order valence-electron chi connectivity index (χ1n) is 10.4. The molecule has 0 aliphatic heterocycles. The molecule has 0 aliphatic carbocycles. The predicted octanol–water partition coefficient (Wildman–Crippen LogP) is 5.82. The average molecular weight is 501 g/mol. The number of carbonyl (C=O) groups excluding carboxylic acids is 2. The number of carbonyl (C=O) groups is 2. The highest BCUT2D eigenvalue weighted by atomic mass is 79.9. The van der Waals surface area contributed by atoms with E-state index in [9.17, 15) is 9.59 Å². The minimum atomic E-state index is -0.462. The van der Waals surface area contributed by atoms with E-state index in [1.165, 1.54) is 6.21 Å². The summed E-state index contributed by atoms with van der Waals surface area (Å²) < 4.78 is 6.37. The van der Waals surface area contributed by atoms with E-state index < -0.39 is 5.97 Å². The van der Waals surface area contributed by atoms with Gasteiger partial charge in [0.15, 0.2) is 0 Å². The first-order chi connectivity index (χ1) is 16.0. The van der Waals surface area contributed by atoms with Crippen molar-refractivity contribution < 1.29 is 14.3 Å². The molecule has 0 aromatic heterocycles. The van der Waals surface area contributed by atoms with Crippen molar-refractivity contribution in [3.63, 3.8) is 0 Å². The number of nitrogens with zero attached hydrogens (tertiary/aromatic N) is 1. The fourth-order valence-corrected chi connectivity index (χ4v) is 3.86. The highest BCUT2D eigenvalue weighted by Gasteiger charge is 2.12. The van der Waals surface area contributed by atoms with Crippen LogP contribution in [0.4, 0.5) is 0 Å². The van der Waals surface area contributed by atoms with Gasteiger partial charge < -0.3 is 4.74 Å². The van der Waals surface area contributed by atoms with E-state index >= 15 is 0 Å². The van der Waals surface area contributed by atoms with Crippen molar-refractivity contribution in [1.82, 2.24) is 5.43 Å². The van der Waals surface area contributed by atoms with Crippen LogP contribution in [0.15, 0.2) is 94.5 Å². The molecular formula is C27H21BrN2O3. The lowest BCUT2D eigenvalue weighted by Gasteiger charge is -2.09. The molecule has 6 heteroatoms. The van der Waals surface area contributed by atoms with E-state index in [1.54, 1.807) is 36.4 Å². The fourth-order valence-electron chi connectivity index (χ4n) is 3.48. The maximum atomic E-state index is 12.5. The number of hydrazone groups is 1. The Kier molecular flexibility index (Phi) is 6.95. The van der Waals surface area contributed by atoms with E-state index in [4.69, 9.17) is 4.74 Å². The zero-order valence-electron chi connectivity index (χ0n) is 17.9. The van der Waals surface area contributed by atoms with Gasteiger partial charge in [0.05, 0.1) is 18.2 Å². The van der Waals surface area contributed by atoms with Crippen molar-refractivity contribution in [1.29, 1.82) is 0 Å². The molecule has 0 atom stereocenters. The van der Waals surface area contributed by atoms with E-state index in [-0.39, 0.29) is 12.3 Å². The molecule has 0 radical (unpaired) electrons. The van der Waals surface area contributed by atoms with Crippen LogP contribution in [0.25, 0.3) is 10.8 Å². The molecule has 0 saturated heterocycles. The molecule has 5 nitrogen and oxygen atoms in total. The largest absolute Gasteiger partial charge is 0.422 e. The van der Waals surface area contributed by atoms with Crippen LogP contribution in [0.5, 0.6) is 5.75 Å². The van der Waals surface area contributed by atoms with Crippen molar-refractivity contribution in [2.24, 2.45) is 5.10 Å². The number of nitrogens with one attached hydrogen (secondary N) is 1. The van der Waals surface area contributed by atoms with Crippen LogP contribution in [0, 0.1) is 6.92 Å². The molecule has 0 spiro atoms. The van der Waals surface area contributed by atoms with Crippen LogP contribution in [-0.2, 0) is 11.2 Å². The van der Waals surface area contributed by atoms with Gasteiger partial charge in [-0.25, -0.2) is 10.2 Å². The molecule has 0 saturated carbocycles. The summed E-state index contributed by atoms with van der Waals surface area (Å²) in [6, 6.07) is 26.2. The Morgan fingerprint density at radius 2 is 1.76 bits per heavy atom. The summed E-state index contributed by atoms with van der Waals surface area (Å²) in [5, 5.41) is 6.20. The maximum absolute atomic E-state index is 12.5. The van der Waals surface area contributed by atoms with Crippen molar-refractivity contribution in [3.05, 3.63) is 112 Å². The normalized spacial score (nSPS) is 11.0. The molecular weight excluding hydrogens is 480 g/mol. The third kappa shape index (κ3) is 5.73. The molecule has 0 fully saturated rings. The van der Waals surface area contributed by atoms with Gasteiger partial charge in [0, 0.05) is 10.0 Å². The lowest BCUT2D eigenvalue weighted by Crippen LogP contribution is -2.20. The third-order valence-corrected chi connectivity index (χ3v) is 5.55. The van der Waals surface area contributed by atoms with E-state index in [2.05, 4.69) is 26.5 Å². The SMILES string of the molecule is Cc1cccc(C(=O)Oc2ccc(Br)cc2/C=N/NC(=O)Cc2cccc3ccccc23)c1. The second-order valence-electron chi connectivity index (χ2n) is 7.55. The van der Waals surface area contributed by atoms with Crippen molar-refractivity contribution >= 4 is 44.8 Å². The number of esters is 1. The van der Waals surface area contributed by atoms with Crippen LogP contribution >= 0.6 is 15.9 Å². The predicted molar refractivity (Wildman–Crippen MR) is 134 cm³/mol. The first-order valence-corrected chi connectivity index (χ1v) is 11.2. The number of fused-ring (bicyclic) bond motifs is 1. The fraction of sp³-hybridized carbons (Fsp3) is 0.0741. The number of ether oxygens (including phenoxy) is 1. The Hall–Kier alpha value is -3.77. The Morgan fingerprint density at radius 1 is 0.970 bits per heavy atom. The molecule has 0 bridgehead atoms. The Labute approximate surface area is 200 Å². The standard InChI is InChI=1S/C27H21BrN2O3/c1-18-6-4-10-21(14-18)27(32)33-25-13-12-23(28)15-22(25)17-29-30-26(31)16-20-9-5-8-19-7-2-3-11-24(19)20/h2-15,17H,16H2,1H3,(H,30,31)/b29-17+. The molecule has 0 unspecified atom stereocenters. The molecule has 0 heterocycles. The van der Waals surface area contributed by atoms with E-state index in [0.717, 1.165) is 26.4 Å². The number of amides is 1. The molecule has 4 aromatic rings. The number of rotatable bonds is 6. The van der Waals surface area contributed by atoms with Gasteiger partial charge in [-0.3, -0.25) is 4.79 Å². The third-order valence-electron chi connectivity index (χ3n) is 5.05. The molecule has 0 aliphatic rings. The molecule has 1 amide bonds. The molecule has 4 aromatic carbocycles.